The maximum Gasteiger partial charge on any atom is 2.00 e. The first-order valence-corrected chi connectivity index (χ1v) is 0. The SMILES string of the molecule is F.[AlH3].[Ba+2].[H-].[H-].[H-].[Hf].[La].[Na+]. The van der Waals surface area contributed by atoms with Crippen LogP contribution in [0.1, 0.15) is 4.28 Å². The first kappa shape index (κ1) is 43.5. The molecule has 0 aliphatic heterocycles. The molecule has 0 aromatic heterocycles. The first-order valence-electron chi connectivity index (χ1n) is 0. The van der Waals surface area contributed by atoms with Crippen molar-refractivity contribution in [3.05, 3.63) is 0 Å². The Labute approximate surface area is 161 Å². The third kappa shape index (κ3) is 23.0. The Bertz CT molecular complexity index is 23.8. The largest absolute Gasteiger partial charge is 2.00 e. The Kier molecular flexibility index (Phi) is 233. The standard InChI is InChI=1S/Al.Ba.FH.Hf.La.Na.6H/h;;1H;;;;;;;;;/q;+2;;;;+1;;;;3*-1. The molecule has 0 aromatic carbocycles. The Morgan fingerprint density at radius 3 is 1.17 bits per heavy atom. The molecule has 0 unspecified atom stereocenters. The summed E-state index contributed by atoms with van der Waals surface area (Å²) in [5, 5.41) is 0. The van der Waals surface area contributed by atoms with Crippen LogP contribution in [0.15, 0.2) is 0 Å². The van der Waals surface area contributed by atoms with E-state index in [0.717, 1.165) is 0 Å². The van der Waals surface area contributed by atoms with E-state index in [9.17, 15) is 0 Å². The van der Waals surface area contributed by atoms with E-state index in [1.807, 2.05) is 0 Å². The Morgan fingerprint density at radius 1 is 1.17 bits per heavy atom. The molecule has 0 N–H and O–H groups in total. The second-order valence-electron chi connectivity index (χ2n) is 0. The molecule has 6 heavy (non-hydrogen) atoms. The summed E-state index contributed by atoms with van der Waals surface area (Å²) in [5.41, 5.74) is 0. The predicted molar refractivity (Wildman–Crippen MR) is 21.5 cm³/mol. The van der Waals surface area contributed by atoms with E-state index in [-0.39, 0.29) is 166 Å². The predicted octanol–water partition coefficient (Wildman–Crippen LogP) is -4.07. The van der Waals surface area contributed by atoms with Crippen molar-refractivity contribution in [3.8, 4) is 0 Å². The molecule has 6 heteroatoms. The normalized spacial score (nSPS) is 0. The molecule has 0 heterocycles. The summed E-state index contributed by atoms with van der Waals surface area (Å²) in [6, 6.07) is 0. The second kappa shape index (κ2) is 32.2. The molecule has 0 bridgehead atoms. The van der Waals surface area contributed by atoms with Gasteiger partial charge in [0.2, 0.25) is 0 Å². The molecule has 0 amide bonds. The third-order valence-electron chi connectivity index (χ3n) is 0. The van der Waals surface area contributed by atoms with Gasteiger partial charge >= 0.3 is 78.4 Å². The van der Waals surface area contributed by atoms with Crippen LogP contribution in [-0.2, 0) is 25.8 Å². The fourth-order valence-corrected chi connectivity index (χ4v) is 0. The zero-order chi connectivity index (χ0) is 0. The van der Waals surface area contributed by atoms with Crippen molar-refractivity contribution >= 4 is 66.2 Å². The Hall–Kier alpha value is 5.10. The van der Waals surface area contributed by atoms with Gasteiger partial charge in [0, 0.05) is 61.4 Å². The van der Waals surface area contributed by atoms with Crippen LogP contribution in [0.5, 0.6) is 0 Å². The quantitative estimate of drug-likeness (QED) is 0.280. The molecular formula is H7AlBaFHfLaNa. The number of hydrogen-bond acceptors (Lipinski definition) is 0. The smallest absolute Gasteiger partial charge is 1.00 e. The van der Waals surface area contributed by atoms with Gasteiger partial charge in [0.15, 0.2) is 17.4 Å². The van der Waals surface area contributed by atoms with Crippen molar-refractivity contribution in [1.29, 1.82) is 0 Å². The van der Waals surface area contributed by atoms with Crippen molar-refractivity contribution in [3.63, 3.8) is 0 Å². The van der Waals surface area contributed by atoms with Gasteiger partial charge in [-0.3, -0.25) is 4.70 Å². The minimum Gasteiger partial charge on any atom is -1.00 e. The Balaban J connectivity index is 0. The van der Waals surface area contributed by atoms with Gasteiger partial charge < -0.3 is 4.28 Å². The molecule has 0 nitrogen and oxygen atoms in total. The maximum absolute atomic E-state index is 0. The van der Waals surface area contributed by atoms with Crippen molar-refractivity contribution in [2.45, 2.75) is 0 Å². The van der Waals surface area contributed by atoms with Gasteiger partial charge in [-0.25, -0.2) is 0 Å². The van der Waals surface area contributed by atoms with Crippen LogP contribution in [0.4, 0.5) is 4.70 Å². The molecule has 0 saturated carbocycles. The minimum absolute atomic E-state index is 0. The average Bonchev–Trinajstić information content (AvgIpc) is 0. The topological polar surface area (TPSA) is 0 Å². The van der Waals surface area contributed by atoms with E-state index in [4.69, 9.17) is 0 Å². The van der Waals surface area contributed by atoms with Crippen molar-refractivity contribution in [2.24, 2.45) is 0 Å². The number of halogens is 1. The zero-order valence-electron chi connectivity index (χ0n) is 6.19. The summed E-state index contributed by atoms with van der Waals surface area (Å²) >= 11 is 0. The van der Waals surface area contributed by atoms with E-state index in [0.29, 0.717) is 0 Å². The van der Waals surface area contributed by atoms with E-state index >= 15 is 0 Å². The molecule has 0 aliphatic rings. The van der Waals surface area contributed by atoms with Gasteiger partial charge in [0.1, 0.15) is 0 Å². The molecule has 0 aliphatic carbocycles. The van der Waals surface area contributed by atoms with Gasteiger partial charge in [0.25, 0.3) is 0 Å². The van der Waals surface area contributed by atoms with E-state index < -0.39 is 0 Å². The third-order valence-corrected chi connectivity index (χ3v) is 0. The van der Waals surface area contributed by atoms with Crippen LogP contribution in [0.2, 0.25) is 0 Å². The zero-order valence-corrected chi connectivity index (χ0v) is 16.9. The molecular weight excluding hydrogens is 524 g/mol. The Morgan fingerprint density at radius 2 is 1.17 bits per heavy atom. The molecule has 1 radical (unpaired) electrons. The number of hydrogen-bond donors (Lipinski definition) is 0. The molecule has 0 saturated heterocycles. The maximum atomic E-state index is 0. The van der Waals surface area contributed by atoms with Gasteiger partial charge in [-0.15, -0.1) is 0 Å². The molecule has 27 valence electrons. The van der Waals surface area contributed by atoms with Crippen LogP contribution >= 0.6 is 0 Å². The van der Waals surface area contributed by atoms with Crippen molar-refractivity contribution < 1.29 is 100.0 Å². The molecule has 0 atom stereocenters. The summed E-state index contributed by atoms with van der Waals surface area (Å²) < 4.78 is 0. The van der Waals surface area contributed by atoms with Gasteiger partial charge in [0.05, 0.1) is 0 Å². The number of rotatable bonds is 0. The molecule has 0 rings (SSSR count). The van der Waals surface area contributed by atoms with Crippen LogP contribution in [0, 0.1) is 35.6 Å². The summed E-state index contributed by atoms with van der Waals surface area (Å²) in [4.78, 5) is 0. The van der Waals surface area contributed by atoms with Crippen LogP contribution in [0.3, 0.4) is 0 Å². The van der Waals surface area contributed by atoms with Gasteiger partial charge in [-0.2, -0.15) is 0 Å². The van der Waals surface area contributed by atoms with Gasteiger partial charge in [-0.1, -0.05) is 0 Å². The molecule has 0 aromatic rings. The fourth-order valence-electron chi connectivity index (χ4n) is 0. The van der Waals surface area contributed by atoms with E-state index in [1.54, 1.807) is 0 Å². The van der Waals surface area contributed by atoms with Crippen LogP contribution in [0.25, 0.3) is 0 Å². The van der Waals surface area contributed by atoms with E-state index in [2.05, 4.69) is 0 Å². The minimum atomic E-state index is 0. The van der Waals surface area contributed by atoms with Gasteiger partial charge in [-0.05, 0) is 0 Å². The van der Waals surface area contributed by atoms with Crippen molar-refractivity contribution in [1.82, 2.24) is 0 Å². The summed E-state index contributed by atoms with van der Waals surface area (Å²) in [5.74, 6) is 0. The monoisotopic (exact) mass is 533 g/mol. The van der Waals surface area contributed by atoms with Crippen LogP contribution < -0.4 is 29.6 Å². The van der Waals surface area contributed by atoms with Crippen molar-refractivity contribution in [2.75, 3.05) is 0 Å². The van der Waals surface area contributed by atoms with E-state index in [1.165, 1.54) is 0 Å². The molecule has 0 spiro atoms. The summed E-state index contributed by atoms with van der Waals surface area (Å²) in [6.45, 7) is 0. The first-order chi connectivity index (χ1) is 0. The summed E-state index contributed by atoms with van der Waals surface area (Å²) in [7, 11) is 0. The molecule has 0 fully saturated rings. The summed E-state index contributed by atoms with van der Waals surface area (Å²) in [6.07, 6.45) is 0. The average molecular weight is 531 g/mol. The fraction of sp³-hybridized carbons (Fsp3) is 0. The second-order valence-corrected chi connectivity index (χ2v) is 0. The van der Waals surface area contributed by atoms with Crippen LogP contribution in [-0.4, -0.2) is 66.2 Å².